The fraction of sp³-hybridized carbons (Fsp3) is 0.588. The molecule has 8 heteroatoms. The van der Waals surface area contributed by atoms with Crippen molar-refractivity contribution in [2.24, 2.45) is 0 Å². The Morgan fingerprint density at radius 1 is 1.40 bits per heavy atom. The van der Waals surface area contributed by atoms with Gasteiger partial charge in [0.1, 0.15) is 10.3 Å². The average Bonchev–Trinajstić information content (AvgIpc) is 3.26. The molecule has 3 heterocycles. The fourth-order valence-corrected chi connectivity index (χ4v) is 5.51. The standard InChI is InChI=1S/C17H25N3O3S2/c1-5-20-11-12(10-18-20)16-13(8-9-23-16)19-25(21,22)15-7-6-14(24-15)17(2,3)4/h6-7,10-11,13,16,19H,5,8-9H2,1-4H3/t13-,16+/m0/s1. The maximum atomic E-state index is 12.8. The number of nitrogens with zero attached hydrogens (tertiary/aromatic N) is 2. The SMILES string of the molecule is CCn1cc([C@H]2OCC[C@@H]2NS(=O)(=O)c2ccc(C(C)(C)C)s2)cn1. The summed E-state index contributed by atoms with van der Waals surface area (Å²) in [4.78, 5) is 1.05. The Balaban J connectivity index is 1.78. The highest BCUT2D eigenvalue weighted by Gasteiger charge is 2.35. The molecule has 6 nitrogen and oxygen atoms in total. The summed E-state index contributed by atoms with van der Waals surface area (Å²) in [5.74, 6) is 0. The van der Waals surface area contributed by atoms with Gasteiger partial charge in [-0.3, -0.25) is 4.68 Å². The van der Waals surface area contributed by atoms with Crippen LogP contribution in [0.1, 0.15) is 50.7 Å². The number of hydrogen-bond acceptors (Lipinski definition) is 5. The second-order valence-corrected chi connectivity index (χ2v) is 10.3. The highest BCUT2D eigenvalue weighted by atomic mass is 32.2. The molecule has 138 valence electrons. The Morgan fingerprint density at radius 2 is 2.16 bits per heavy atom. The molecule has 1 aliphatic heterocycles. The number of nitrogens with one attached hydrogen (secondary N) is 1. The monoisotopic (exact) mass is 383 g/mol. The lowest BCUT2D eigenvalue weighted by molar-refractivity contribution is 0.102. The van der Waals surface area contributed by atoms with Crippen LogP contribution in [-0.2, 0) is 26.7 Å². The van der Waals surface area contributed by atoms with Gasteiger partial charge < -0.3 is 4.74 Å². The van der Waals surface area contributed by atoms with E-state index in [2.05, 4.69) is 30.6 Å². The van der Waals surface area contributed by atoms with E-state index in [-0.39, 0.29) is 17.6 Å². The van der Waals surface area contributed by atoms with Gasteiger partial charge >= 0.3 is 0 Å². The first-order chi connectivity index (χ1) is 11.7. The molecule has 0 bridgehead atoms. The lowest BCUT2D eigenvalue weighted by Crippen LogP contribution is -2.36. The molecule has 2 atom stereocenters. The Bertz CT molecular complexity index is 833. The van der Waals surface area contributed by atoms with E-state index in [1.165, 1.54) is 11.3 Å². The molecule has 3 rings (SSSR count). The second-order valence-electron chi connectivity index (χ2n) is 7.31. The molecule has 1 saturated heterocycles. The summed E-state index contributed by atoms with van der Waals surface area (Å²) in [7, 11) is -3.56. The fourth-order valence-electron chi connectivity index (χ4n) is 2.86. The molecular formula is C17H25N3O3S2. The quantitative estimate of drug-likeness (QED) is 0.861. The molecule has 0 spiro atoms. The molecular weight excluding hydrogens is 358 g/mol. The zero-order chi connectivity index (χ0) is 18.2. The van der Waals surface area contributed by atoms with Gasteiger partial charge in [0.05, 0.1) is 12.2 Å². The third-order valence-corrected chi connectivity index (χ3v) is 7.78. The number of rotatable bonds is 5. The Kier molecular flexibility index (Phi) is 5.07. The summed E-state index contributed by atoms with van der Waals surface area (Å²) in [5, 5.41) is 4.26. The highest BCUT2D eigenvalue weighted by Crippen LogP contribution is 2.34. The molecule has 2 aromatic rings. The molecule has 0 aliphatic carbocycles. The number of hydrogen-bond donors (Lipinski definition) is 1. The van der Waals surface area contributed by atoms with Crippen LogP contribution in [0, 0.1) is 0 Å². The van der Waals surface area contributed by atoms with Crippen molar-refractivity contribution in [1.82, 2.24) is 14.5 Å². The molecule has 0 saturated carbocycles. The van der Waals surface area contributed by atoms with Crippen LogP contribution in [0.15, 0.2) is 28.7 Å². The number of aryl methyl sites for hydroxylation is 1. The van der Waals surface area contributed by atoms with Gasteiger partial charge in [-0.15, -0.1) is 11.3 Å². The molecule has 1 fully saturated rings. The summed E-state index contributed by atoms with van der Waals surface area (Å²) in [5.41, 5.74) is 0.847. The first kappa shape index (κ1) is 18.6. The summed E-state index contributed by atoms with van der Waals surface area (Å²) in [6.45, 7) is 9.55. The largest absolute Gasteiger partial charge is 0.372 e. The number of ether oxygens (including phenoxy) is 1. The second kappa shape index (κ2) is 6.83. The maximum absolute atomic E-state index is 12.8. The number of aromatic nitrogens is 2. The predicted octanol–water partition coefficient (Wildman–Crippen LogP) is 3.07. The van der Waals surface area contributed by atoms with Crippen molar-refractivity contribution in [1.29, 1.82) is 0 Å². The van der Waals surface area contributed by atoms with E-state index in [0.717, 1.165) is 17.0 Å². The lowest BCUT2D eigenvalue weighted by Gasteiger charge is -2.18. The highest BCUT2D eigenvalue weighted by molar-refractivity contribution is 7.91. The number of thiophene rings is 1. The number of sulfonamides is 1. The van der Waals surface area contributed by atoms with Crippen molar-refractivity contribution in [2.45, 2.75) is 62.4 Å². The van der Waals surface area contributed by atoms with Crippen LogP contribution in [0.3, 0.4) is 0 Å². The van der Waals surface area contributed by atoms with Crippen molar-refractivity contribution in [3.8, 4) is 0 Å². The van der Waals surface area contributed by atoms with E-state index in [9.17, 15) is 8.42 Å². The molecule has 1 N–H and O–H groups in total. The minimum absolute atomic E-state index is 0.0633. The average molecular weight is 384 g/mol. The smallest absolute Gasteiger partial charge is 0.250 e. The van der Waals surface area contributed by atoms with Crippen LogP contribution in [0.4, 0.5) is 0 Å². The van der Waals surface area contributed by atoms with E-state index in [0.29, 0.717) is 17.2 Å². The maximum Gasteiger partial charge on any atom is 0.250 e. The van der Waals surface area contributed by atoms with Crippen LogP contribution >= 0.6 is 11.3 Å². The van der Waals surface area contributed by atoms with Crippen LogP contribution in [-0.4, -0.2) is 30.8 Å². The minimum Gasteiger partial charge on any atom is -0.372 e. The van der Waals surface area contributed by atoms with Gasteiger partial charge in [-0.25, -0.2) is 13.1 Å². The summed E-state index contributed by atoms with van der Waals surface area (Å²) in [6, 6.07) is 3.31. The van der Waals surface area contributed by atoms with Crippen LogP contribution in [0.2, 0.25) is 0 Å². The minimum atomic E-state index is -3.56. The lowest BCUT2D eigenvalue weighted by atomic mass is 9.95. The predicted molar refractivity (Wildman–Crippen MR) is 98.3 cm³/mol. The van der Waals surface area contributed by atoms with Gasteiger partial charge in [0.15, 0.2) is 0 Å². The normalized spacial score (nSPS) is 21.8. The van der Waals surface area contributed by atoms with Crippen LogP contribution in [0.5, 0.6) is 0 Å². The van der Waals surface area contributed by atoms with Crippen LogP contribution < -0.4 is 4.72 Å². The van der Waals surface area contributed by atoms with E-state index in [1.807, 2.05) is 23.9 Å². The zero-order valence-electron chi connectivity index (χ0n) is 15.0. The molecule has 0 radical (unpaired) electrons. The first-order valence-electron chi connectivity index (χ1n) is 8.47. The van der Waals surface area contributed by atoms with Gasteiger partial charge in [-0.05, 0) is 30.9 Å². The Hall–Kier alpha value is -1.22. The van der Waals surface area contributed by atoms with E-state index >= 15 is 0 Å². The van der Waals surface area contributed by atoms with Gasteiger partial charge in [0, 0.05) is 29.8 Å². The summed E-state index contributed by atoms with van der Waals surface area (Å²) in [6.07, 6.45) is 4.03. The van der Waals surface area contributed by atoms with Gasteiger partial charge in [0.2, 0.25) is 10.0 Å². The van der Waals surface area contributed by atoms with Crippen molar-refractivity contribution in [3.63, 3.8) is 0 Å². The molecule has 1 aliphatic rings. The Morgan fingerprint density at radius 3 is 2.76 bits per heavy atom. The van der Waals surface area contributed by atoms with Gasteiger partial charge in [0.25, 0.3) is 0 Å². The Labute approximate surface area is 153 Å². The molecule has 0 amide bonds. The first-order valence-corrected chi connectivity index (χ1v) is 10.8. The van der Waals surface area contributed by atoms with Crippen molar-refractivity contribution < 1.29 is 13.2 Å². The topological polar surface area (TPSA) is 73.2 Å². The van der Waals surface area contributed by atoms with Crippen molar-refractivity contribution in [3.05, 3.63) is 35.0 Å². The van der Waals surface area contributed by atoms with Crippen LogP contribution in [0.25, 0.3) is 0 Å². The van der Waals surface area contributed by atoms with Gasteiger partial charge in [-0.2, -0.15) is 5.10 Å². The van der Waals surface area contributed by atoms with Gasteiger partial charge in [-0.1, -0.05) is 20.8 Å². The molecule has 0 aromatic carbocycles. The molecule has 25 heavy (non-hydrogen) atoms. The van der Waals surface area contributed by atoms with Crippen molar-refractivity contribution in [2.75, 3.05) is 6.61 Å². The third-order valence-electron chi connectivity index (χ3n) is 4.29. The van der Waals surface area contributed by atoms with E-state index in [1.54, 1.807) is 12.3 Å². The van der Waals surface area contributed by atoms with Crippen molar-refractivity contribution >= 4 is 21.4 Å². The van der Waals surface area contributed by atoms with E-state index in [4.69, 9.17) is 4.74 Å². The molecule has 2 aromatic heterocycles. The zero-order valence-corrected chi connectivity index (χ0v) is 16.7. The van der Waals surface area contributed by atoms with E-state index < -0.39 is 10.0 Å². The molecule has 0 unspecified atom stereocenters. The third kappa shape index (κ3) is 3.97. The summed E-state index contributed by atoms with van der Waals surface area (Å²) < 4.78 is 36.4. The summed E-state index contributed by atoms with van der Waals surface area (Å²) >= 11 is 1.33.